The topological polar surface area (TPSA) is 51.6 Å². The van der Waals surface area contributed by atoms with Crippen LogP contribution in [-0.2, 0) is 0 Å². The van der Waals surface area contributed by atoms with Gasteiger partial charge >= 0.3 is 0 Å². The molecule has 0 unspecified atom stereocenters. The first-order chi connectivity index (χ1) is 27.7. The number of fused-ring (bicyclic) bond motifs is 3. The maximum absolute atomic E-state index is 5.24. The maximum atomic E-state index is 5.24. The molecule has 2 aromatic heterocycles. The molecule has 0 N–H and O–H groups in total. The van der Waals surface area contributed by atoms with Gasteiger partial charge in [-0.15, -0.1) is 0 Å². The average molecular weight is 715 g/mol. The summed E-state index contributed by atoms with van der Waals surface area (Å²) >= 11 is 0. The van der Waals surface area contributed by atoms with Crippen LogP contribution < -0.4 is 0 Å². The number of aromatic nitrogens is 4. The summed E-state index contributed by atoms with van der Waals surface area (Å²) in [5.41, 5.74) is 12.4. The largest absolute Gasteiger partial charge is 0.247 e. The van der Waals surface area contributed by atoms with Gasteiger partial charge in [0.2, 0.25) is 0 Å². The molecule has 56 heavy (non-hydrogen) atoms. The van der Waals surface area contributed by atoms with Crippen molar-refractivity contribution < 1.29 is 0 Å². The molecule has 0 saturated heterocycles. The number of rotatable bonds is 7. The minimum atomic E-state index is 0.610. The second-order valence-electron chi connectivity index (χ2n) is 13.9. The molecule has 0 aliphatic rings. The van der Waals surface area contributed by atoms with Gasteiger partial charge in [-0.25, -0.2) is 19.9 Å². The van der Waals surface area contributed by atoms with Crippen molar-refractivity contribution in [3.05, 3.63) is 206 Å². The minimum Gasteiger partial charge on any atom is -0.247 e. The molecule has 0 amide bonds. The molecule has 10 aromatic rings. The Balaban J connectivity index is 1.17. The summed E-state index contributed by atoms with van der Waals surface area (Å²) in [5, 5.41) is 3.39. The molecule has 0 fully saturated rings. The highest BCUT2D eigenvalue weighted by atomic mass is 15.0. The van der Waals surface area contributed by atoms with Gasteiger partial charge in [0.25, 0.3) is 0 Å². The van der Waals surface area contributed by atoms with E-state index in [2.05, 4.69) is 170 Å². The average Bonchev–Trinajstić information content (AvgIpc) is 3.29. The third-order valence-electron chi connectivity index (χ3n) is 10.3. The van der Waals surface area contributed by atoms with Crippen molar-refractivity contribution in [1.82, 2.24) is 19.9 Å². The van der Waals surface area contributed by atoms with Gasteiger partial charge in [-0.1, -0.05) is 176 Å². The van der Waals surface area contributed by atoms with Gasteiger partial charge in [-0.2, -0.15) is 0 Å². The van der Waals surface area contributed by atoms with Gasteiger partial charge in [-0.05, 0) is 63.7 Å². The summed E-state index contributed by atoms with van der Waals surface area (Å²) in [5.74, 6) is 1.85. The first-order valence-electron chi connectivity index (χ1n) is 18.8. The number of hydrogen-bond donors (Lipinski definition) is 0. The van der Waals surface area contributed by atoms with Gasteiger partial charge < -0.3 is 0 Å². The second kappa shape index (κ2) is 14.3. The summed E-state index contributed by atoms with van der Waals surface area (Å²) in [6.45, 7) is 0. The van der Waals surface area contributed by atoms with Crippen molar-refractivity contribution in [3.63, 3.8) is 0 Å². The van der Waals surface area contributed by atoms with E-state index < -0.39 is 0 Å². The standard InChI is InChI=1S/C52H34N4/c1-5-17-35(18-6-1)41-32-42(36-19-7-2-8-20-36)34-43(33-41)52-55-50(38-23-11-4-12-24-38)54-51(56-52)40-26-15-25-39(31-40)44-28-16-29-46-48(44)45-27-13-14-30-47(45)53-49(46)37-21-9-3-10-22-37/h1-34H. The lowest BCUT2D eigenvalue weighted by Gasteiger charge is -2.15. The molecule has 2 heterocycles. The minimum absolute atomic E-state index is 0.610. The molecule has 0 radical (unpaired) electrons. The fraction of sp³-hybridized carbons (Fsp3) is 0. The van der Waals surface area contributed by atoms with E-state index in [1.165, 1.54) is 5.39 Å². The van der Waals surface area contributed by atoms with Crippen LogP contribution in [0, 0.1) is 0 Å². The Bertz CT molecular complexity index is 2940. The third-order valence-corrected chi connectivity index (χ3v) is 10.3. The molecule has 0 atom stereocenters. The summed E-state index contributed by atoms with van der Waals surface area (Å²) in [7, 11) is 0. The predicted molar refractivity (Wildman–Crippen MR) is 231 cm³/mol. The Labute approximate surface area is 325 Å². The van der Waals surface area contributed by atoms with Crippen molar-refractivity contribution in [2.75, 3.05) is 0 Å². The first kappa shape index (κ1) is 33.0. The van der Waals surface area contributed by atoms with Crippen molar-refractivity contribution in [2.24, 2.45) is 0 Å². The molecule has 262 valence electrons. The van der Waals surface area contributed by atoms with Gasteiger partial charge in [0.1, 0.15) is 0 Å². The molecule has 8 aromatic carbocycles. The quantitative estimate of drug-likeness (QED) is 0.154. The van der Waals surface area contributed by atoms with E-state index in [1.807, 2.05) is 36.4 Å². The van der Waals surface area contributed by atoms with Crippen LogP contribution in [0.1, 0.15) is 0 Å². The predicted octanol–water partition coefficient (Wildman–Crippen LogP) is 13.2. The Morgan fingerprint density at radius 2 is 0.679 bits per heavy atom. The molecular formula is C52H34N4. The van der Waals surface area contributed by atoms with Crippen LogP contribution in [0.4, 0.5) is 0 Å². The third kappa shape index (κ3) is 6.29. The van der Waals surface area contributed by atoms with Crippen LogP contribution in [0.25, 0.3) is 100 Å². The number of pyridine rings is 1. The maximum Gasteiger partial charge on any atom is 0.164 e. The van der Waals surface area contributed by atoms with Crippen LogP contribution in [0.5, 0.6) is 0 Å². The lowest BCUT2D eigenvalue weighted by molar-refractivity contribution is 1.07. The molecule has 4 nitrogen and oxygen atoms in total. The number of para-hydroxylation sites is 1. The molecule has 0 aliphatic heterocycles. The Morgan fingerprint density at radius 3 is 1.32 bits per heavy atom. The van der Waals surface area contributed by atoms with E-state index >= 15 is 0 Å². The molecule has 0 bridgehead atoms. The van der Waals surface area contributed by atoms with Crippen LogP contribution in [0.3, 0.4) is 0 Å². The fourth-order valence-electron chi connectivity index (χ4n) is 7.59. The highest BCUT2D eigenvalue weighted by Gasteiger charge is 2.18. The summed E-state index contributed by atoms with van der Waals surface area (Å²) in [4.78, 5) is 20.7. The Kier molecular flexibility index (Phi) is 8.47. The number of benzene rings is 8. The van der Waals surface area contributed by atoms with Crippen LogP contribution in [0.2, 0.25) is 0 Å². The number of nitrogens with zero attached hydrogens (tertiary/aromatic N) is 4. The van der Waals surface area contributed by atoms with E-state index in [-0.39, 0.29) is 0 Å². The van der Waals surface area contributed by atoms with Gasteiger partial charge in [-0.3, -0.25) is 0 Å². The molecular weight excluding hydrogens is 681 g/mol. The van der Waals surface area contributed by atoms with Crippen molar-refractivity contribution in [1.29, 1.82) is 0 Å². The van der Waals surface area contributed by atoms with E-state index in [1.54, 1.807) is 0 Å². The van der Waals surface area contributed by atoms with Gasteiger partial charge in [0, 0.05) is 38.4 Å². The normalized spacial score (nSPS) is 11.2. The van der Waals surface area contributed by atoms with Gasteiger partial charge in [0.05, 0.1) is 11.2 Å². The highest BCUT2D eigenvalue weighted by molar-refractivity contribution is 6.17. The van der Waals surface area contributed by atoms with E-state index in [0.29, 0.717) is 17.5 Å². The van der Waals surface area contributed by atoms with Crippen LogP contribution >= 0.6 is 0 Å². The zero-order chi connectivity index (χ0) is 37.3. The molecule has 0 saturated carbocycles. The molecule has 10 rings (SSSR count). The van der Waals surface area contributed by atoms with E-state index in [4.69, 9.17) is 19.9 Å². The monoisotopic (exact) mass is 714 g/mol. The molecule has 0 aliphatic carbocycles. The highest BCUT2D eigenvalue weighted by Crippen LogP contribution is 2.40. The van der Waals surface area contributed by atoms with Crippen LogP contribution in [-0.4, -0.2) is 19.9 Å². The Morgan fingerprint density at radius 1 is 0.250 bits per heavy atom. The van der Waals surface area contributed by atoms with E-state index in [9.17, 15) is 0 Å². The Hall–Kier alpha value is -7.56. The summed E-state index contributed by atoms with van der Waals surface area (Å²) < 4.78 is 0. The van der Waals surface area contributed by atoms with Gasteiger partial charge in [0.15, 0.2) is 17.5 Å². The summed E-state index contributed by atoms with van der Waals surface area (Å²) in [6.07, 6.45) is 0. The fourth-order valence-corrected chi connectivity index (χ4v) is 7.59. The number of hydrogen-bond acceptors (Lipinski definition) is 4. The first-order valence-corrected chi connectivity index (χ1v) is 18.8. The SMILES string of the molecule is c1ccc(-c2cc(-c3ccccc3)cc(-c3nc(-c4ccccc4)nc(-c4cccc(-c5cccc6c(-c7ccccc7)nc7ccccc7c56)c4)n3)c2)cc1. The lowest BCUT2D eigenvalue weighted by atomic mass is 9.92. The lowest BCUT2D eigenvalue weighted by Crippen LogP contribution is -2.01. The molecule has 0 spiro atoms. The van der Waals surface area contributed by atoms with E-state index in [0.717, 1.165) is 77.6 Å². The van der Waals surface area contributed by atoms with Crippen LogP contribution in [0.15, 0.2) is 206 Å². The molecule has 4 heteroatoms. The van der Waals surface area contributed by atoms with Crippen molar-refractivity contribution >= 4 is 21.7 Å². The van der Waals surface area contributed by atoms with Crippen molar-refractivity contribution in [2.45, 2.75) is 0 Å². The zero-order valence-electron chi connectivity index (χ0n) is 30.4. The van der Waals surface area contributed by atoms with Crippen molar-refractivity contribution in [3.8, 4) is 78.8 Å². The summed E-state index contributed by atoms with van der Waals surface area (Å²) in [6, 6.07) is 71.7. The second-order valence-corrected chi connectivity index (χ2v) is 13.9. The zero-order valence-corrected chi connectivity index (χ0v) is 30.4. The smallest absolute Gasteiger partial charge is 0.164 e.